The number of carboxylic acid groups (broad SMARTS) is 1. The van der Waals surface area contributed by atoms with Crippen LogP contribution >= 0.6 is 0 Å². The summed E-state index contributed by atoms with van der Waals surface area (Å²) in [5.74, 6) is -1.35. The van der Waals surface area contributed by atoms with Crippen molar-refractivity contribution in [3.05, 3.63) is 23.0 Å². The van der Waals surface area contributed by atoms with E-state index in [2.05, 4.69) is 15.5 Å². The molecule has 0 saturated heterocycles. The van der Waals surface area contributed by atoms with Crippen molar-refractivity contribution in [2.24, 2.45) is 0 Å². The van der Waals surface area contributed by atoms with E-state index in [0.29, 0.717) is 28.1 Å². The Morgan fingerprint density at radius 3 is 2.68 bits per heavy atom. The Kier molecular flexibility index (Phi) is 5.42. The van der Waals surface area contributed by atoms with Crippen LogP contribution in [0.5, 0.6) is 0 Å². The van der Waals surface area contributed by atoms with Gasteiger partial charge in [-0.1, -0.05) is 19.0 Å². The van der Waals surface area contributed by atoms with E-state index in [1.54, 1.807) is 19.9 Å². The topological polar surface area (TPSA) is 115 Å². The summed E-state index contributed by atoms with van der Waals surface area (Å²) in [4.78, 5) is 28.4. The van der Waals surface area contributed by atoms with E-state index >= 15 is 0 Å². The number of fused-ring (bicyclic) bond motifs is 1. The molecule has 25 heavy (non-hydrogen) atoms. The lowest BCUT2D eigenvalue weighted by Gasteiger charge is -2.28. The molecule has 0 bridgehead atoms. The van der Waals surface area contributed by atoms with E-state index < -0.39 is 17.4 Å². The van der Waals surface area contributed by atoms with E-state index in [1.165, 1.54) is 7.11 Å². The van der Waals surface area contributed by atoms with Gasteiger partial charge in [-0.15, -0.1) is 0 Å². The number of methoxy groups -OCH3 is 1. The summed E-state index contributed by atoms with van der Waals surface area (Å²) >= 11 is 0. The van der Waals surface area contributed by atoms with E-state index in [9.17, 15) is 9.59 Å². The molecule has 0 spiro atoms. The van der Waals surface area contributed by atoms with Crippen LogP contribution in [0.25, 0.3) is 11.1 Å². The zero-order valence-electron chi connectivity index (χ0n) is 15.0. The number of ether oxygens (including phenoxy) is 1. The molecule has 1 atom stereocenters. The Morgan fingerprint density at radius 2 is 2.12 bits per heavy atom. The van der Waals surface area contributed by atoms with Gasteiger partial charge in [0.1, 0.15) is 0 Å². The Morgan fingerprint density at radius 1 is 1.44 bits per heavy atom. The lowest BCUT2D eigenvalue weighted by Crippen LogP contribution is -2.50. The number of hydrogen-bond donors (Lipinski definition) is 2. The number of rotatable bonds is 7. The third kappa shape index (κ3) is 4.14. The number of amides is 1. The predicted octanol–water partition coefficient (Wildman–Crippen LogP) is 2.26. The molecule has 2 aromatic rings. The fraction of sp³-hybridized carbons (Fsp3) is 0.529. The first-order valence-electron chi connectivity index (χ1n) is 7.97. The molecule has 1 amide bonds. The number of carbonyl (C=O) groups is 2. The van der Waals surface area contributed by atoms with Gasteiger partial charge in [-0.2, -0.15) is 0 Å². The molecule has 2 N–H and O–H groups in total. The molecule has 0 saturated carbocycles. The lowest BCUT2D eigenvalue weighted by molar-refractivity contribution is -0.139. The highest BCUT2D eigenvalue weighted by molar-refractivity contribution is 6.06. The number of carboxylic acids is 1. The summed E-state index contributed by atoms with van der Waals surface area (Å²) in [5, 5.41) is 16.3. The number of aromatic nitrogens is 2. The van der Waals surface area contributed by atoms with Gasteiger partial charge < -0.3 is 19.7 Å². The highest BCUT2D eigenvalue weighted by Gasteiger charge is 2.31. The molecule has 2 rings (SSSR count). The first-order chi connectivity index (χ1) is 11.7. The Labute approximate surface area is 145 Å². The first-order valence-corrected chi connectivity index (χ1v) is 7.97. The Bertz CT molecular complexity index is 799. The van der Waals surface area contributed by atoms with Crippen LogP contribution in [0.1, 0.15) is 54.9 Å². The van der Waals surface area contributed by atoms with Crippen molar-refractivity contribution in [3.63, 3.8) is 0 Å². The molecule has 0 aliphatic rings. The maximum atomic E-state index is 12.9. The normalized spacial score (nSPS) is 13.8. The van der Waals surface area contributed by atoms with Gasteiger partial charge in [-0.3, -0.25) is 9.59 Å². The number of nitrogens with one attached hydrogen (secondary N) is 1. The maximum absolute atomic E-state index is 12.9. The summed E-state index contributed by atoms with van der Waals surface area (Å²) in [7, 11) is 1.46. The average Bonchev–Trinajstić information content (AvgIpc) is 2.86. The highest BCUT2D eigenvalue weighted by atomic mass is 16.5. The van der Waals surface area contributed by atoms with Crippen molar-refractivity contribution < 1.29 is 24.0 Å². The number of aryl methyl sites for hydroxylation is 1. The molecule has 8 heteroatoms. The molecule has 0 fully saturated rings. The van der Waals surface area contributed by atoms with Gasteiger partial charge in [0.05, 0.1) is 35.2 Å². The van der Waals surface area contributed by atoms with Crippen molar-refractivity contribution in [2.75, 3.05) is 13.7 Å². The minimum absolute atomic E-state index is 0.0684. The second kappa shape index (κ2) is 7.18. The Hall–Kier alpha value is -2.48. The molecule has 0 radical (unpaired) electrons. The second-order valence-electron chi connectivity index (χ2n) is 6.72. The summed E-state index contributed by atoms with van der Waals surface area (Å²) in [6.45, 7) is 7.34. The van der Waals surface area contributed by atoms with Gasteiger partial charge in [-0.25, -0.2) is 4.98 Å². The summed E-state index contributed by atoms with van der Waals surface area (Å²) in [6.07, 6.45) is -0.263. The standard InChI is InChI=1S/C17H23N3O5/c1-9(2)12-6-11(14-10(3)20-25-16(14)18-12)15(23)19-17(4,8-24-5)7-13(21)22/h6,9H,7-8H2,1-5H3,(H,19,23)(H,21,22). The average molecular weight is 349 g/mol. The molecule has 2 aromatic heterocycles. The van der Waals surface area contributed by atoms with Crippen molar-refractivity contribution >= 4 is 23.0 Å². The van der Waals surface area contributed by atoms with Gasteiger partial charge in [0.25, 0.3) is 11.6 Å². The van der Waals surface area contributed by atoms with Crippen LogP contribution in [0, 0.1) is 6.92 Å². The molecule has 1 unspecified atom stereocenters. The van der Waals surface area contributed by atoms with Crippen molar-refractivity contribution in [2.45, 2.75) is 45.6 Å². The Balaban J connectivity index is 2.47. The third-order valence-corrected chi connectivity index (χ3v) is 3.89. The van der Waals surface area contributed by atoms with Crippen LogP contribution in [-0.4, -0.2) is 46.4 Å². The van der Waals surface area contributed by atoms with Crippen LogP contribution in [-0.2, 0) is 9.53 Å². The largest absolute Gasteiger partial charge is 0.481 e. The van der Waals surface area contributed by atoms with E-state index in [0.717, 1.165) is 0 Å². The SMILES string of the molecule is COCC(C)(CC(=O)O)NC(=O)c1cc(C(C)C)nc2onc(C)c12. The zero-order valence-corrected chi connectivity index (χ0v) is 15.0. The van der Waals surface area contributed by atoms with Crippen LogP contribution < -0.4 is 5.32 Å². The molecule has 0 aromatic carbocycles. The fourth-order valence-electron chi connectivity index (χ4n) is 2.71. The van der Waals surface area contributed by atoms with Crippen LogP contribution in [0.15, 0.2) is 10.6 Å². The zero-order chi connectivity index (χ0) is 18.8. The maximum Gasteiger partial charge on any atom is 0.305 e. The van der Waals surface area contributed by atoms with Crippen LogP contribution in [0.3, 0.4) is 0 Å². The smallest absolute Gasteiger partial charge is 0.305 e. The molecule has 136 valence electrons. The van der Waals surface area contributed by atoms with Gasteiger partial charge in [0.2, 0.25) is 0 Å². The number of hydrogen-bond acceptors (Lipinski definition) is 6. The summed E-state index contributed by atoms with van der Waals surface area (Å²) < 4.78 is 10.3. The molecular weight excluding hydrogens is 326 g/mol. The van der Waals surface area contributed by atoms with Gasteiger partial charge in [0, 0.05) is 12.8 Å². The molecular formula is C17H23N3O5. The van der Waals surface area contributed by atoms with E-state index in [4.69, 9.17) is 14.4 Å². The molecule has 0 aliphatic heterocycles. The van der Waals surface area contributed by atoms with Crippen molar-refractivity contribution in [1.82, 2.24) is 15.5 Å². The van der Waals surface area contributed by atoms with Gasteiger partial charge in [0.15, 0.2) is 0 Å². The van der Waals surface area contributed by atoms with E-state index in [1.807, 2.05) is 13.8 Å². The number of nitrogens with zero attached hydrogens (tertiary/aromatic N) is 2. The lowest BCUT2D eigenvalue weighted by atomic mass is 9.97. The number of aliphatic carboxylic acids is 1. The minimum atomic E-state index is -1.05. The highest BCUT2D eigenvalue weighted by Crippen LogP contribution is 2.25. The summed E-state index contributed by atoms with van der Waals surface area (Å²) in [5.41, 5.74) is 0.854. The van der Waals surface area contributed by atoms with Crippen LogP contribution in [0.2, 0.25) is 0 Å². The van der Waals surface area contributed by atoms with Crippen molar-refractivity contribution in [1.29, 1.82) is 0 Å². The third-order valence-electron chi connectivity index (χ3n) is 3.89. The predicted molar refractivity (Wildman–Crippen MR) is 90.6 cm³/mol. The van der Waals surface area contributed by atoms with Gasteiger partial charge in [-0.05, 0) is 25.8 Å². The second-order valence-corrected chi connectivity index (χ2v) is 6.72. The minimum Gasteiger partial charge on any atom is -0.481 e. The monoisotopic (exact) mass is 349 g/mol. The van der Waals surface area contributed by atoms with Crippen LogP contribution in [0.4, 0.5) is 0 Å². The molecule has 0 aliphatic carbocycles. The fourth-order valence-corrected chi connectivity index (χ4v) is 2.71. The number of pyridine rings is 1. The van der Waals surface area contributed by atoms with Crippen molar-refractivity contribution in [3.8, 4) is 0 Å². The quantitative estimate of drug-likeness (QED) is 0.788. The van der Waals surface area contributed by atoms with Gasteiger partial charge >= 0.3 is 5.97 Å². The van der Waals surface area contributed by atoms with E-state index in [-0.39, 0.29) is 18.9 Å². The molecule has 2 heterocycles. The molecule has 8 nitrogen and oxygen atoms in total. The summed E-state index contributed by atoms with van der Waals surface area (Å²) in [6, 6.07) is 1.69. The first kappa shape index (κ1) is 18.9. The number of carbonyl (C=O) groups excluding carboxylic acids is 1.